The van der Waals surface area contributed by atoms with Crippen molar-refractivity contribution in [3.8, 4) is 0 Å². The second-order valence-corrected chi connectivity index (χ2v) is 4.62. The predicted octanol–water partition coefficient (Wildman–Crippen LogP) is 2.73. The number of nitrogens with one attached hydrogen (secondary N) is 1. The van der Waals surface area contributed by atoms with Crippen molar-refractivity contribution in [3.63, 3.8) is 0 Å². The van der Waals surface area contributed by atoms with Crippen LogP contribution in [0.25, 0.3) is 0 Å². The van der Waals surface area contributed by atoms with Crippen molar-refractivity contribution in [1.29, 1.82) is 0 Å². The van der Waals surface area contributed by atoms with Crippen LogP contribution in [0.1, 0.15) is 12.5 Å². The Morgan fingerprint density at radius 2 is 2.11 bits per heavy atom. The summed E-state index contributed by atoms with van der Waals surface area (Å²) in [6.45, 7) is 2.44. The highest BCUT2D eigenvalue weighted by Crippen LogP contribution is 2.33. The summed E-state index contributed by atoms with van der Waals surface area (Å²) >= 11 is 0. The number of pyridine rings is 1. The lowest BCUT2D eigenvalue weighted by atomic mass is 10.2. The van der Waals surface area contributed by atoms with Crippen molar-refractivity contribution in [2.24, 2.45) is 0 Å². The summed E-state index contributed by atoms with van der Waals surface area (Å²) in [5, 5.41) is 2.72. The van der Waals surface area contributed by atoms with Crippen molar-refractivity contribution in [3.05, 3.63) is 48.2 Å². The second-order valence-electron chi connectivity index (χ2n) is 4.62. The van der Waals surface area contributed by atoms with Crippen LogP contribution in [-0.4, -0.2) is 17.4 Å². The van der Waals surface area contributed by atoms with Gasteiger partial charge >= 0.3 is 0 Å². The highest BCUT2D eigenvalue weighted by Gasteiger charge is 2.20. The Balaban J connectivity index is 1.86. The van der Waals surface area contributed by atoms with E-state index in [1.807, 2.05) is 18.2 Å². The molecule has 0 aliphatic carbocycles. The van der Waals surface area contributed by atoms with Crippen molar-refractivity contribution in [1.82, 2.24) is 4.98 Å². The van der Waals surface area contributed by atoms with Gasteiger partial charge in [-0.05, 0) is 30.2 Å². The van der Waals surface area contributed by atoms with E-state index < -0.39 is 0 Å². The first-order valence-corrected chi connectivity index (χ1v) is 6.33. The minimum absolute atomic E-state index is 0.0823. The van der Waals surface area contributed by atoms with Crippen LogP contribution in [0, 0.1) is 0 Å². The fourth-order valence-electron chi connectivity index (χ4n) is 2.40. The van der Waals surface area contributed by atoms with Gasteiger partial charge in [0.15, 0.2) is 0 Å². The van der Waals surface area contributed by atoms with E-state index in [1.165, 1.54) is 18.2 Å². The van der Waals surface area contributed by atoms with Gasteiger partial charge in [-0.25, -0.2) is 4.98 Å². The topological polar surface area (TPSA) is 45.2 Å². The van der Waals surface area contributed by atoms with Crippen LogP contribution in [0.2, 0.25) is 0 Å². The van der Waals surface area contributed by atoms with Crippen LogP contribution < -0.4 is 10.2 Å². The number of amides is 1. The first kappa shape index (κ1) is 11.7. The van der Waals surface area contributed by atoms with Gasteiger partial charge in [-0.1, -0.05) is 18.2 Å². The number of hydrogen-bond donors (Lipinski definition) is 1. The number of carbonyl (C=O) groups is 1. The van der Waals surface area contributed by atoms with E-state index >= 15 is 0 Å². The molecule has 1 aromatic heterocycles. The molecule has 4 heteroatoms. The number of nitrogens with zero attached hydrogens (tertiary/aromatic N) is 2. The van der Waals surface area contributed by atoms with E-state index in [0.717, 1.165) is 24.5 Å². The summed E-state index contributed by atoms with van der Waals surface area (Å²) in [5.41, 5.74) is 3.31. The largest absolute Gasteiger partial charge is 0.326 e. The quantitative estimate of drug-likeness (QED) is 0.895. The highest BCUT2D eigenvalue weighted by molar-refractivity contribution is 5.88. The van der Waals surface area contributed by atoms with Crippen LogP contribution in [0.5, 0.6) is 0 Å². The monoisotopic (exact) mass is 253 g/mol. The number of para-hydroxylation sites is 1. The predicted molar refractivity (Wildman–Crippen MR) is 75.7 cm³/mol. The molecule has 1 aromatic carbocycles. The molecule has 19 heavy (non-hydrogen) atoms. The second kappa shape index (κ2) is 4.72. The molecule has 0 spiro atoms. The van der Waals surface area contributed by atoms with E-state index in [9.17, 15) is 4.79 Å². The Morgan fingerprint density at radius 1 is 1.26 bits per heavy atom. The van der Waals surface area contributed by atoms with Crippen LogP contribution >= 0.6 is 0 Å². The smallest absolute Gasteiger partial charge is 0.221 e. The third kappa shape index (κ3) is 2.29. The minimum atomic E-state index is -0.0823. The van der Waals surface area contributed by atoms with Gasteiger partial charge in [-0.2, -0.15) is 0 Å². The van der Waals surface area contributed by atoms with E-state index in [1.54, 1.807) is 6.20 Å². The maximum atomic E-state index is 11.0. The minimum Gasteiger partial charge on any atom is -0.326 e. The molecule has 1 aliphatic heterocycles. The normalized spacial score (nSPS) is 13.2. The molecule has 0 atom stereocenters. The molecule has 0 fully saturated rings. The van der Waals surface area contributed by atoms with E-state index in [-0.39, 0.29) is 5.91 Å². The van der Waals surface area contributed by atoms with Crippen LogP contribution in [-0.2, 0) is 11.2 Å². The summed E-state index contributed by atoms with van der Waals surface area (Å²) in [7, 11) is 0. The van der Waals surface area contributed by atoms with Gasteiger partial charge < -0.3 is 10.2 Å². The summed E-state index contributed by atoms with van der Waals surface area (Å²) in [4.78, 5) is 17.6. The molecule has 0 unspecified atom stereocenters. The molecule has 1 aliphatic rings. The number of hydrogen-bond acceptors (Lipinski definition) is 3. The van der Waals surface area contributed by atoms with Gasteiger partial charge in [0, 0.05) is 19.2 Å². The lowest BCUT2D eigenvalue weighted by Crippen LogP contribution is -2.15. The number of carbonyl (C=O) groups excluding carboxylic acids is 1. The van der Waals surface area contributed by atoms with E-state index in [0.29, 0.717) is 0 Å². The molecule has 0 radical (unpaired) electrons. The standard InChI is InChI=1S/C15H15N3O/c1-11(19)17-13-6-7-15(16-10-13)18-9-8-12-4-2-3-5-14(12)18/h2-7,10H,8-9H2,1H3,(H,17,19). The summed E-state index contributed by atoms with van der Waals surface area (Å²) in [6, 6.07) is 12.2. The molecular weight excluding hydrogens is 238 g/mol. The zero-order chi connectivity index (χ0) is 13.2. The number of anilines is 3. The van der Waals surface area contributed by atoms with Crippen molar-refractivity contribution in [2.45, 2.75) is 13.3 Å². The van der Waals surface area contributed by atoms with Gasteiger partial charge in [-0.3, -0.25) is 4.79 Å². The number of aromatic nitrogens is 1. The Morgan fingerprint density at radius 3 is 2.84 bits per heavy atom. The molecular formula is C15H15N3O. The van der Waals surface area contributed by atoms with Gasteiger partial charge in [-0.15, -0.1) is 0 Å². The molecule has 1 amide bonds. The van der Waals surface area contributed by atoms with Crippen molar-refractivity contribution < 1.29 is 4.79 Å². The molecule has 3 rings (SSSR count). The molecule has 0 saturated heterocycles. The molecule has 1 N–H and O–H groups in total. The molecule has 96 valence electrons. The molecule has 0 saturated carbocycles. The van der Waals surface area contributed by atoms with Crippen molar-refractivity contribution in [2.75, 3.05) is 16.8 Å². The molecule has 0 bridgehead atoms. The Labute approximate surface area is 112 Å². The van der Waals surface area contributed by atoms with E-state index in [4.69, 9.17) is 0 Å². The molecule has 4 nitrogen and oxygen atoms in total. The maximum Gasteiger partial charge on any atom is 0.221 e. The maximum absolute atomic E-state index is 11.0. The van der Waals surface area contributed by atoms with Gasteiger partial charge in [0.05, 0.1) is 11.9 Å². The van der Waals surface area contributed by atoms with E-state index in [2.05, 4.69) is 33.4 Å². The fourth-order valence-corrected chi connectivity index (χ4v) is 2.40. The van der Waals surface area contributed by atoms with Crippen LogP contribution in [0.15, 0.2) is 42.6 Å². The van der Waals surface area contributed by atoms with Gasteiger partial charge in [0.2, 0.25) is 5.91 Å². The zero-order valence-corrected chi connectivity index (χ0v) is 10.8. The third-order valence-electron chi connectivity index (χ3n) is 3.23. The summed E-state index contributed by atoms with van der Waals surface area (Å²) < 4.78 is 0. The zero-order valence-electron chi connectivity index (χ0n) is 10.8. The van der Waals surface area contributed by atoms with Crippen LogP contribution in [0.4, 0.5) is 17.2 Å². The van der Waals surface area contributed by atoms with Crippen molar-refractivity contribution >= 4 is 23.1 Å². The SMILES string of the molecule is CC(=O)Nc1ccc(N2CCc3ccccc32)nc1. The lowest BCUT2D eigenvalue weighted by Gasteiger charge is -2.18. The third-order valence-corrected chi connectivity index (χ3v) is 3.23. The highest BCUT2D eigenvalue weighted by atomic mass is 16.1. The summed E-state index contributed by atoms with van der Waals surface area (Å²) in [5.74, 6) is 0.833. The van der Waals surface area contributed by atoms with Gasteiger partial charge in [0.1, 0.15) is 5.82 Å². The first-order valence-electron chi connectivity index (χ1n) is 6.33. The number of fused-ring (bicyclic) bond motifs is 1. The van der Waals surface area contributed by atoms with Crippen LogP contribution in [0.3, 0.4) is 0 Å². The summed E-state index contributed by atoms with van der Waals surface area (Å²) in [6.07, 6.45) is 2.74. The first-order chi connectivity index (χ1) is 9.24. The lowest BCUT2D eigenvalue weighted by molar-refractivity contribution is -0.114. The molecule has 2 aromatic rings. The fraction of sp³-hybridized carbons (Fsp3) is 0.200. The Hall–Kier alpha value is -2.36. The Kier molecular flexibility index (Phi) is 2.91. The average molecular weight is 253 g/mol. The average Bonchev–Trinajstić information content (AvgIpc) is 2.83. The van der Waals surface area contributed by atoms with Gasteiger partial charge in [0.25, 0.3) is 0 Å². The Bertz CT molecular complexity index is 607. The number of benzene rings is 1. The molecule has 2 heterocycles. The number of rotatable bonds is 2.